The fourth-order valence-corrected chi connectivity index (χ4v) is 1.84. The van der Waals surface area contributed by atoms with E-state index in [2.05, 4.69) is 12.6 Å². The summed E-state index contributed by atoms with van der Waals surface area (Å²) in [5, 5.41) is 8.63. The van der Waals surface area contributed by atoms with Crippen molar-refractivity contribution in [3.05, 3.63) is 59.7 Å². The number of nitrogens with two attached hydrogens (primary N) is 1. The number of carbonyl (C=O) groups is 2. The van der Waals surface area contributed by atoms with Gasteiger partial charge in [0.15, 0.2) is 5.78 Å². The van der Waals surface area contributed by atoms with E-state index in [0.717, 1.165) is 0 Å². The van der Waals surface area contributed by atoms with Crippen LogP contribution >= 0.6 is 12.6 Å². The molecule has 105 valence electrons. The zero-order chi connectivity index (χ0) is 15.1. The van der Waals surface area contributed by atoms with Gasteiger partial charge in [0.1, 0.15) is 5.75 Å². The van der Waals surface area contributed by atoms with Crippen molar-refractivity contribution < 1.29 is 14.7 Å². The number of phenols is 1. The molecule has 3 N–H and O–H groups in total. The monoisotopic (exact) mass is 312 g/mol. The Balaban J connectivity index is 0.000000425. The smallest absolute Gasteiger partial charge is 0.250 e. The second-order valence-electron chi connectivity index (χ2n) is 3.96. The van der Waals surface area contributed by atoms with Gasteiger partial charge in [0, 0.05) is 40.0 Å². The summed E-state index contributed by atoms with van der Waals surface area (Å²) in [6, 6.07) is 13.5. The third kappa shape index (κ3) is 6.35. The van der Waals surface area contributed by atoms with Crippen LogP contribution in [0.15, 0.2) is 53.4 Å². The minimum atomic E-state index is -0.629. The molecule has 6 heteroatoms. The first-order valence-electron chi connectivity index (χ1n) is 5.80. The molecule has 2 rings (SSSR count). The van der Waals surface area contributed by atoms with Crippen LogP contribution in [0.4, 0.5) is 0 Å². The molecule has 0 aliphatic carbocycles. The van der Waals surface area contributed by atoms with E-state index in [9.17, 15) is 9.59 Å². The van der Waals surface area contributed by atoms with Crippen molar-refractivity contribution >= 4 is 53.9 Å². The van der Waals surface area contributed by atoms with Gasteiger partial charge in [-0.05, 0) is 25.1 Å². The van der Waals surface area contributed by atoms with Gasteiger partial charge in [-0.1, -0.05) is 30.3 Å². The van der Waals surface area contributed by atoms with Gasteiger partial charge in [-0.15, -0.1) is 12.6 Å². The van der Waals surface area contributed by atoms with Crippen molar-refractivity contribution in [3.63, 3.8) is 0 Å². The average molecular weight is 312 g/mol. The van der Waals surface area contributed by atoms with Crippen molar-refractivity contribution in [2.45, 2.75) is 11.8 Å². The van der Waals surface area contributed by atoms with Crippen molar-refractivity contribution in [3.8, 4) is 5.75 Å². The molecule has 0 fully saturated rings. The van der Waals surface area contributed by atoms with Crippen LogP contribution in [-0.2, 0) is 0 Å². The van der Waals surface area contributed by atoms with E-state index in [-0.39, 0.29) is 40.9 Å². The minimum Gasteiger partial charge on any atom is -0.508 e. The minimum absolute atomic E-state index is 0. The molecule has 1 amide bonds. The second-order valence-corrected chi connectivity index (χ2v) is 4.44. The number of Topliss-reactive ketones (excluding diaryl/α,β-unsaturated/α-hetero) is 1. The third-order valence-corrected chi connectivity index (χ3v) is 2.80. The topological polar surface area (TPSA) is 80.4 Å². The molecule has 2 aromatic carbocycles. The number of aromatic hydroxyl groups is 1. The molecule has 0 aliphatic heterocycles. The molecular weight excluding hydrogens is 297 g/mol. The number of carbonyl (C=O) groups excluding carboxylic acids is 2. The Morgan fingerprint density at radius 3 is 1.95 bits per heavy atom. The van der Waals surface area contributed by atoms with E-state index in [1.165, 1.54) is 6.92 Å². The number of hydrogen-bond acceptors (Lipinski definition) is 4. The molecule has 21 heavy (non-hydrogen) atoms. The molecular formula is C15H15NNaO3S. The normalized spacial score (nSPS) is 8.86. The summed E-state index contributed by atoms with van der Waals surface area (Å²) >= 11 is 4.05. The van der Waals surface area contributed by atoms with E-state index in [1.807, 2.05) is 6.07 Å². The number of rotatable bonds is 2. The molecule has 0 unspecified atom stereocenters. The Morgan fingerprint density at radius 2 is 1.62 bits per heavy atom. The largest absolute Gasteiger partial charge is 0.508 e. The first-order chi connectivity index (χ1) is 9.43. The SMILES string of the molecule is CC(=O)c1cccc(S)c1C(N)=O.Oc1ccccc1.[Na]. The Bertz CT molecular complexity index is 618. The summed E-state index contributed by atoms with van der Waals surface area (Å²) in [5.74, 6) is -0.497. The third-order valence-electron chi connectivity index (χ3n) is 2.42. The Kier molecular flexibility index (Phi) is 9.05. The molecule has 0 bridgehead atoms. The van der Waals surface area contributed by atoms with Crippen LogP contribution in [0, 0.1) is 0 Å². The van der Waals surface area contributed by atoms with Crippen molar-refractivity contribution in [1.82, 2.24) is 0 Å². The zero-order valence-corrected chi connectivity index (χ0v) is 14.8. The quantitative estimate of drug-likeness (QED) is 0.452. The summed E-state index contributed by atoms with van der Waals surface area (Å²) in [5.41, 5.74) is 5.63. The number of phenolic OH excluding ortho intramolecular Hbond substituents is 1. The van der Waals surface area contributed by atoms with Crippen LogP contribution in [0.1, 0.15) is 27.6 Å². The standard InChI is InChI=1S/C9H9NO2S.C6H6O.Na/c1-5(11)6-3-2-4-7(13)8(6)9(10)12;7-6-4-2-1-3-5-6;/h2-4,13H,1H3,(H2,10,12);1-5,7H;. The fraction of sp³-hybridized carbons (Fsp3) is 0.0667. The maximum absolute atomic E-state index is 11.1. The number of ketones is 1. The number of amides is 1. The predicted molar refractivity (Wildman–Crippen MR) is 86.1 cm³/mol. The molecule has 4 nitrogen and oxygen atoms in total. The summed E-state index contributed by atoms with van der Waals surface area (Å²) in [4.78, 5) is 22.5. The van der Waals surface area contributed by atoms with Crippen LogP contribution in [-0.4, -0.2) is 46.4 Å². The van der Waals surface area contributed by atoms with Gasteiger partial charge in [-0.25, -0.2) is 0 Å². The molecule has 0 aromatic heterocycles. The van der Waals surface area contributed by atoms with E-state index < -0.39 is 5.91 Å². The van der Waals surface area contributed by atoms with Gasteiger partial charge < -0.3 is 10.8 Å². The summed E-state index contributed by atoms with van der Waals surface area (Å²) < 4.78 is 0. The maximum Gasteiger partial charge on any atom is 0.250 e. The van der Waals surface area contributed by atoms with Crippen LogP contribution in [0.5, 0.6) is 5.75 Å². The first kappa shape index (κ1) is 19.7. The van der Waals surface area contributed by atoms with Crippen LogP contribution in [0.2, 0.25) is 0 Å². The Hall–Kier alpha value is -1.27. The van der Waals surface area contributed by atoms with Crippen molar-refractivity contribution in [2.24, 2.45) is 5.73 Å². The number of benzene rings is 2. The molecule has 0 atom stereocenters. The number of primary amides is 1. The summed E-state index contributed by atoms with van der Waals surface area (Å²) in [6.45, 7) is 1.38. The fourth-order valence-electron chi connectivity index (χ4n) is 1.52. The molecule has 0 saturated carbocycles. The van der Waals surface area contributed by atoms with Gasteiger partial charge in [0.05, 0.1) is 5.56 Å². The maximum atomic E-state index is 11.1. The summed E-state index contributed by atoms with van der Waals surface area (Å²) in [7, 11) is 0. The molecule has 1 radical (unpaired) electrons. The molecule has 0 heterocycles. The molecule has 0 aliphatic rings. The van der Waals surface area contributed by atoms with Crippen LogP contribution in [0.3, 0.4) is 0 Å². The van der Waals surface area contributed by atoms with Crippen LogP contribution in [0.25, 0.3) is 0 Å². The summed E-state index contributed by atoms with van der Waals surface area (Å²) in [6.07, 6.45) is 0. The van der Waals surface area contributed by atoms with E-state index in [0.29, 0.717) is 16.2 Å². The average Bonchev–Trinajstić information content (AvgIpc) is 2.39. The van der Waals surface area contributed by atoms with Gasteiger partial charge in [-0.2, -0.15) is 0 Å². The second kappa shape index (κ2) is 9.63. The van der Waals surface area contributed by atoms with E-state index >= 15 is 0 Å². The first-order valence-corrected chi connectivity index (χ1v) is 6.25. The van der Waals surface area contributed by atoms with Crippen molar-refractivity contribution in [1.29, 1.82) is 0 Å². The number of para-hydroxylation sites is 1. The van der Waals surface area contributed by atoms with Gasteiger partial charge in [-0.3, -0.25) is 9.59 Å². The van der Waals surface area contributed by atoms with Gasteiger partial charge >= 0.3 is 0 Å². The molecule has 0 spiro atoms. The van der Waals surface area contributed by atoms with Gasteiger partial charge in [0.25, 0.3) is 5.91 Å². The van der Waals surface area contributed by atoms with E-state index in [4.69, 9.17) is 10.8 Å². The van der Waals surface area contributed by atoms with E-state index in [1.54, 1.807) is 42.5 Å². The molecule has 2 aromatic rings. The number of hydrogen-bond donors (Lipinski definition) is 3. The van der Waals surface area contributed by atoms with Crippen LogP contribution < -0.4 is 5.73 Å². The Morgan fingerprint density at radius 1 is 1.05 bits per heavy atom. The predicted octanol–water partition coefficient (Wildman–Crippen LogP) is 2.29. The van der Waals surface area contributed by atoms with Gasteiger partial charge in [0.2, 0.25) is 0 Å². The number of thiol groups is 1. The van der Waals surface area contributed by atoms with Crippen molar-refractivity contribution in [2.75, 3.05) is 0 Å². The zero-order valence-electron chi connectivity index (χ0n) is 11.9. The molecule has 0 saturated heterocycles. The Labute approximate surface area is 151 Å².